The fraction of sp³-hybridized carbons (Fsp3) is 0.452. The van der Waals surface area contributed by atoms with Crippen molar-refractivity contribution >= 4 is 29.8 Å². The van der Waals surface area contributed by atoms with Gasteiger partial charge in [0.1, 0.15) is 18.7 Å². The lowest BCUT2D eigenvalue weighted by Crippen LogP contribution is -2.58. The average Bonchev–Trinajstić information content (AvgIpc) is 3.38. The number of hydrogen-bond donors (Lipinski definition) is 5. The van der Waals surface area contributed by atoms with E-state index in [2.05, 4.69) is 10.6 Å². The number of aliphatic carboxylic acids is 1. The van der Waals surface area contributed by atoms with Gasteiger partial charge in [0, 0.05) is 13.0 Å². The van der Waals surface area contributed by atoms with Gasteiger partial charge in [0.05, 0.1) is 24.2 Å². The maximum atomic E-state index is 13.6. The average molecular weight is 613 g/mol. The molecule has 13 nitrogen and oxygen atoms in total. The molecule has 1 fully saturated rings. The minimum atomic E-state index is -1.88. The molecule has 6 N–H and O–H groups in total. The first-order valence-electron chi connectivity index (χ1n) is 14.2. The van der Waals surface area contributed by atoms with Crippen LogP contribution in [0.15, 0.2) is 60.7 Å². The highest BCUT2D eigenvalue weighted by Crippen LogP contribution is 2.26. The van der Waals surface area contributed by atoms with Crippen LogP contribution in [-0.4, -0.2) is 87.4 Å². The zero-order chi connectivity index (χ0) is 32.4. The Labute approximate surface area is 255 Å². The summed E-state index contributed by atoms with van der Waals surface area (Å²) in [6.07, 6.45) is -4.05. The Morgan fingerprint density at radius 2 is 1.57 bits per heavy atom. The predicted molar refractivity (Wildman–Crippen MR) is 158 cm³/mol. The first kappa shape index (κ1) is 34.0. The lowest BCUT2D eigenvalue weighted by molar-refractivity contribution is -0.153. The van der Waals surface area contributed by atoms with Crippen LogP contribution in [-0.2, 0) is 41.7 Å². The number of alkyl carbamates (subject to hydrolysis) is 1. The van der Waals surface area contributed by atoms with Crippen molar-refractivity contribution in [2.24, 2.45) is 5.73 Å². The molecule has 0 radical (unpaired) electrons. The van der Waals surface area contributed by atoms with Crippen LogP contribution in [0.25, 0.3) is 0 Å². The topological polar surface area (TPSA) is 198 Å². The number of aliphatic hydroxyl groups excluding tert-OH is 1. The van der Waals surface area contributed by atoms with Crippen LogP contribution in [0.2, 0.25) is 0 Å². The molecule has 1 heterocycles. The number of carboxylic acids is 1. The number of aliphatic hydroxyl groups is 1. The van der Waals surface area contributed by atoms with Gasteiger partial charge in [0.25, 0.3) is 5.91 Å². The monoisotopic (exact) mass is 612 g/mol. The summed E-state index contributed by atoms with van der Waals surface area (Å²) in [7, 11) is 0. The molecular formula is C31H40N4O9. The summed E-state index contributed by atoms with van der Waals surface area (Å²) in [5.41, 5.74) is 6.08. The van der Waals surface area contributed by atoms with Crippen molar-refractivity contribution in [3.05, 3.63) is 71.8 Å². The van der Waals surface area contributed by atoms with E-state index in [1.165, 1.54) is 0 Å². The van der Waals surface area contributed by atoms with E-state index in [1.807, 2.05) is 20.8 Å². The van der Waals surface area contributed by atoms with Crippen LogP contribution in [0.5, 0.6) is 0 Å². The van der Waals surface area contributed by atoms with Gasteiger partial charge in [-0.3, -0.25) is 14.4 Å². The molecule has 3 rings (SSSR count). The molecule has 5 atom stereocenters. The van der Waals surface area contributed by atoms with Crippen molar-refractivity contribution in [1.82, 2.24) is 15.5 Å². The smallest absolute Gasteiger partial charge is 0.408 e. The first-order valence-corrected chi connectivity index (χ1v) is 14.2. The summed E-state index contributed by atoms with van der Waals surface area (Å²) in [6.45, 7) is 5.25. The number of hydrogen-bond acceptors (Lipinski definition) is 8. The number of carbonyl (C=O) groups excluding carboxylic acids is 4. The van der Waals surface area contributed by atoms with E-state index in [0.29, 0.717) is 11.1 Å². The van der Waals surface area contributed by atoms with E-state index in [-0.39, 0.29) is 26.0 Å². The second kappa shape index (κ2) is 15.3. The van der Waals surface area contributed by atoms with Crippen molar-refractivity contribution in [2.45, 2.75) is 82.6 Å². The van der Waals surface area contributed by atoms with Crippen LogP contribution in [0.3, 0.4) is 0 Å². The minimum absolute atomic E-state index is 0.0243. The molecule has 13 heteroatoms. The number of carboxylic acid groups (broad SMARTS) is 1. The van der Waals surface area contributed by atoms with Crippen LogP contribution >= 0.6 is 0 Å². The normalized spacial score (nSPS) is 18.5. The van der Waals surface area contributed by atoms with Gasteiger partial charge in [-0.15, -0.1) is 0 Å². The first-order chi connectivity index (χ1) is 20.7. The summed E-state index contributed by atoms with van der Waals surface area (Å²) in [5.74, 6) is -3.97. The van der Waals surface area contributed by atoms with Gasteiger partial charge in [-0.1, -0.05) is 60.7 Å². The SMILES string of the molecule is CC(C)(C)O[C@@H]1C[C@@H](C(=O)O)N(C(=O)[C@@H](O)[C@H](Cc2ccccc2)NC(=O)[C@H](CC(N)=O)NC(=O)OCc2ccccc2)C1. The van der Waals surface area contributed by atoms with E-state index >= 15 is 0 Å². The van der Waals surface area contributed by atoms with Gasteiger partial charge in [0.2, 0.25) is 11.8 Å². The Morgan fingerprint density at radius 1 is 0.977 bits per heavy atom. The number of nitrogens with one attached hydrogen (secondary N) is 2. The van der Waals surface area contributed by atoms with Crippen molar-refractivity contribution in [2.75, 3.05) is 6.54 Å². The van der Waals surface area contributed by atoms with Crippen LogP contribution in [0.1, 0.15) is 44.7 Å². The molecule has 0 saturated carbocycles. The van der Waals surface area contributed by atoms with Gasteiger partial charge in [-0.05, 0) is 38.3 Å². The van der Waals surface area contributed by atoms with Gasteiger partial charge in [-0.25, -0.2) is 9.59 Å². The molecule has 2 aromatic rings. The summed E-state index contributed by atoms with van der Waals surface area (Å²) in [5, 5.41) is 26.0. The Morgan fingerprint density at radius 3 is 2.11 bits per heavy atom. The maximum absolute atomic E-state index is 13.6. The largest absolute Gasteiger partial charge is 0.480 e. The molecule has 238 valence electrons. The summed E-state index contributed by atoms with van der Waals surface area (Å²) in [4.78, 5) is 64.3. The Kier molecular flexibility index (Phi) is 11.8. The number of rotatable bonds is 13. The standard InChI is InChI=1S/C31H40N4O9/c1-31(2,3)44-21-15-24(29(40)41)35(17-21)28(39)26(37)22(14-19-10-6-4-7-11-19)33-27(38)23(16-25(32)36)34-30(42)43-18-20-12-8-5-9-13-20/h4-13,21-24,26,37H,14-18H2,1-3H3,(H2,32,36)(H,33,38)(H,34,42)(H,40,41)/t21-,22+,23+,24+,26+/m1/s1. The van der Waals surface area contributed by atoms with Crippen LogP contribution in [0, 0.1) is 0 Å². The molecule has 0 aliphatic carbocycles. The summed E-state index contributed by atoms with van der Waals surface area (Å²) < 4.78 is 11.1. The van der Waals surface area contributed by atoms with E-state index in [9.17, 15) is 34.2 Å². The quantitative estimate of drug-likeness (QED) is 0.220. The number of ether oxygens (including phenoxy) is 2. The van der Waals surface area contributed by atoms with E-state index in [4.69, 9.17) is 15.2 Å². The molecule has 1 saturated heterocycles. The van der Waals surface area contributed by atoms with Gasteiger partial charge >= 0.3 is 12.1 Å². The lowest BCUT2D eigenvalue weighted by Gasteiger charge is -2.30. The van der Waals surface area contributed by atoms with Gasteiger partial charge < -0.3 is 41.0 Å². The molecule has 0 unspecified atom stereocenters. The number of likely N-dealkylation sites (tertiary alicyclic amines) is 1. The number of nitrogens with two attached hydrogens (primary N) is 1. The second-order valence-corrected chi connectivity index (χ2v) is 11.6. The molecule has 2 aromatic carbocycles. The summed E-state index contributed by atoms with van der Waals surface area (Å²) in [6, 6.07) is 13.5. The van der Waals surface area contributed by atoms with Crippen molar-refractivity contribution in [1.29, 1.82) is 0 Å². The Bertz CT molecular complexity index is 1300. The second-order valence-electron chi connectivity index (χ2n) is 11.6. The molecule has 1 aliphatic rings. The molecule has 4 amide bonds. The molecule has 0 bridgehead atoms. The number of benzene rings is 2. The zero-order valence-electron chi connectivity index (χ0n) is 25.0. The third kappa shape index (κ3) is 10.3. The van der Waals surface area contributed by atoms with Crippen molar-refractivity contribution < 1.29 is 43.7 Å². The highest BCUT2D eigenvalue weighted by Gasteiger charge is 2.45. The van der Waals surface area contributed by atoms with E-state index in [0.717, 1.165) is 4.90 Å². The Balaban J connectivity index is 1.79. The van der Waals surface area contributed by atoms with Gasteiger partial charge in [-0.2, -0.15) is 0 Å². The molecular weight excluding hydrogens is 572 g/mol. The van der Waals surface area contributed by atoms with E-state index < -0.39 is 72.1 Å². The highest BCUT2D eigenvalue weighted by atomic mass is 16.5. The number of amides is 4. The third-order valence-corrected chi connectivity index (χ3v) is 6.84. The maximum Gasteiger partial charge on any atom is 0.408 e. The van der Waals surface area contributed by atoms with Crippen LogP contribution in [0.4, 0.5) is 4.79 Å². The lowest BCUT2D eigenvalue weighted by atomic mass is 9.99. The van der Waals surface area contributed by atoms with Crippen molar-refractivity contribution in [3.8, 4) is 0 Å². The highest BCUT2D eigenvalue weighted by molar-refractivity contribution is 5.92. The summed E-state index contributed by atoms with van der Waals surface area (Å²) >= 11 is 0. The van der Waals surface area contributed by atoms with Crippen LogP contribution < -0.4 is 16.4 Å². The fourth-order valence-electron chi connectivity index (χ4n) is 4.91. The van der Waals surface area contributed by atoms with E-state index in [1.54, 1.807) is 60.7 Å². The third-order valence-electron chi connectivity index (χ3n) is 6.84. The minimum Gasteiger partial charge on any atom is -0.480 e. The zero-order valence-corrected chi connectivity index (χ0v) is 25.0. The fourth-order valence-corrected chi connectivity index (χ4v) is 4.91. The molecule has 1 aliphatic heterocycles. The molecule has 44 heavy (non-hydrogen) atoms. The van der Waals surface area contributed by atoms with Crippen molar-refractivity contribution in [3.63, 3.8) is 0 Å². The number of carbonyl (C=O) groups is 5. The number of primary amides is 1. The van der Waals surface area contributed by atoms with Gasteiger partial charge in [0.15, 0.2) is 6.10 Å². The number of nitrogens with zero attached hydrogens (tertiary/aromatic N) is 1. The Hall–Kier alpha value is -4.49. The molecule has 0 aromatic heterocycles. The molecule has 0 spiro atoms. The predicted octanol–water partition coefficient (Wildman–Crippen LogP) is 1.11.